The smallest absolute Gasteiger partial charge is 0.341 e. The fourth-order valence-corrected chi connectivity index (χ4v) is 2.97. The molecule has 1 heterocycles. The van der Waals surface area contributed by atoms with Crippen LogP contribution in [0.25, 0.3) is 5.69 Å². The highest BCUT2D eigenvalue weighted by Gasteiger charge is 2.16. The van der Waals surface area contributed by atoms with Gasteiger partial charge in [0.05, 0.1) is 30.7 Å². The maximum atomic E-state index is 12.3. The van der Waals surface area contributed by atoms with Crippen molar-refractivity contribution in [1.29, 1.82) is 0 Å². The van der Waals surface area contributed by atoms with Crippen LogP contribution in [0.5, 0.6) is 5.75 Å². The summed E-state index contributed by atoms with van der Waals surface area (Å²) >= 11 is 0. The molecule has 0 saturated heterocycles. The first-order chi connectivity index (χ1) is 14.5. The lowest BCUT2D eigenvalue weighted by atomic mass is 10.2. The third kappa shape index (κ3) is 5.05. The van der Waals surface area contributed by atoms with Gasteiger partial charge in [0.15, 0.2) is 0 Å². The number of aryl methyl sites for hydroxylation is 1. The second-order valence-corrected chi connectivity index (χ2v) is 6.74. The van der Waals surface area contributed by atoms with Crippen molar-refractivity contribution < 1.29 is 19.1 Å². The lowest BCUT2D eigenvalue weighted by molar-refractivity contribution is 0.0525. The standard InChI is InChI=1S/C23H25N3O4/c1-4-29-23(28)21-15-25-26(17(21)3)19-10-8-18(9-11-19)22(27)24-12-13-30-20-7-5-6-16(2)14-20/h5-11,14-15H,4,12-13H2,1-3H3,(H,24,27). The van der Waals surface area contributed by atoms with Gasteiger partial charge in [-0.15, -0.1) is 0 Å². The topological polar surface area (TPSA) is 82.5 Å². The Balaban J connectivity index is 1.56. The molecule has 0 fully saturated rings. The SMILES string of the molecule is CCOC(=O)c1cnn(-c2ccc(C(=O)NCCOc3cccc(C)c3)cc2)c1C. The number of rotatable bonds is 8. The van der Waals surface area contributed by atoms with Crippen LogP contribution in [0.3, 0.4) is 0 Å². The summed E-state index contributed by atoms with van der Waals surface area (Å²) in [6.07, 6.45) is 1.49. The number of nitrogens with one attached hydrogen (secondary N) is 1. The van der Waals surface area contributed by atoms with Gasteiger partial charge in [-0.2, -0.15) is 5.10 Å². The Hall–Kier alpha value is -3.61. The second kappa shape index (κ2) is 9.73. The normalized spacial score (nSPS) is 10.5. The summed E-state index contributed by atoms with van der Waals surface area (Å²) < 4.78 is 12.3. The van der Waals surface area contributed by atoms with Gasteiger partial charge >= 0.3 is 5.97 Å². The van der Waals surface area contributed by atoms with Gasteiger partial charge < -0.3 is 14.8 Å². The fraction of sp³-hybridized carbons (Fsp3) is 0.261. The lowest BCUT2D eigenvalue weighted by Crippen LogP contribution is -2.28. The fourth-order valence-electron chi connectivity index (χ4n) is 2.97. The van der Waals surface area contributed by atoms with Gasteiger partial charge in [0.25, 0.3) is 5.91 Å². The van der Waals surface area contributed by atoms with Crippen LogP contribution in [0.1, 0.15) is 38.9 Å². The number of hydrogen-bond acceptors (Lipinski definition) is 5. The van der Waals surface area contributed by atoms with Gasteiger partial charge in [-0.1, -0.05) is 12.1 Å². The van der Waals surface area contributed by atoms with E-state index in [-0.39, 0.29) is 5.91 Å². The summed E-state index contributed by atoms with van der Waals surface area (Å²) in [5.74, 6) is 0.203. The zero-order valence-electron chi connectivity index (χ0n) is 17.3. The van der Waals surface area contributed by atoms with Crippen LogP contribution in [-0.2, 0) is 4.74 Å². The molecule has 0 unspecified atom stereocenters. The van der Waals surface area contributed by atoms with Crippen molar-refractivity contribution in [3.05, 3.63) is 77.1 Å². The summed E-state index contributed by atoms with van der Waals surface area (Å²) in [5, 5.41) is 7.10. The van der Waals surface area contributed by atoms with Crippen LogP contribution in [0.4, 0.5) is 0 Å². The van der Waals surface area contributed by atoms with E-state index in [4.69, 9.17) is 9.47 Å². The van der Waals surface area contributed by atoms with E-state index in [1.807, 2.05) is 31.2 Å². The molecule has 3 rings (SSSR count). The maximum Gasteiger partial charge on any atom is 0.341 e. The van der Waals surface area contributed by atoms with E-state index < -0.39 is 5.97 Å². The second-order valence-electron chi connectivity index (χ2n) is 6.74. The average Bonchev–Trinajstić information content (AvgIpc) is 3.13. The molecule has 3 aromatic rings. The van der Waals surface area contributed by atoms with E-state index in [0.717, 1.165) is 17.0 Å². The molecule has 0 saturated carbocycles. The predicted molar refractivity (Wildman–Crippen MR) is 113 cm³/mol. The highest BCUT2D eigenvalue weighted by atomic mass is 16.5. The number of aromatic nitrogens is 2. The number of esters is 1. The van der Waals surface area contributed by atoms with Gasteiger partial charge in [-0.05, 0) is 62.7 Å². The Labute approximate surface area is 175 Å². The van der Waals surface area contributed by atoms with E-state index in [1.54, 1.807) is 42.8 Å². The first-order valence-electron chi connectivity index (χ1n) is 9.79. The predicted octanol–water partition coefficient (Wildman–Crippen LogP) is 3.47. The maximum absolute atomic E-state index is 12.3. The number of carbonyl (C=O) groups is 2. The van der Waals surface area contributed by atoms with E-state index in [9.17, 15) is 9.59 Å². The molecule has 0 aliphatic carbocycles. The Morgan fingerprint density at radius 3 is 2.57 bits per heavy atom. The molecule has 0 spiro atoms. The molecule has 0 aliphatic heterocycles. The number of nitrogens with zero attached hydrogens (tertiary/aromatic N) is 2. The van der Waals surface area contributed by atoms with Crippen LogP contribution in [-0.4, -0.2) is 41.4 Å². The van der Waals surface area contributed by atoms with Crippen molar-refractivity contribution in [2.45, 2.75) is 20.8 Å². The van der Waals surface area contributed by atoms with Gasteiger partial charge in [0.1, 0.15) is 17.9 Å². The van der Waals surface area contributed by atoms with Crippen LogP contribution < -0.4 is 10.1 Å². The van der Waals surface area contributed by atoms with Gasteiger partial charge in [-0.25, -0.2) is 9.48 Å². The molecule has 1 aromatic heterocycles. The molecule has 0 aliphatic rings. The van der Waals surface area contributed by atoms with Crippen molar-refractivity contribution in [3.8, 4) is 11.4 Å². The lowest BCUT2D eigenvalue weighted by Gasteiger charge is -2.09. The Kier molecular flexibility index (Phi) is 6.85. The largest absolute Gasteiger partial charge is 0.492 e. The quantitative estimate of drug-likeness (QED) is 0.457. The Morgan fingerprint density at radius 2 is 1.87 bits per heavy atom. The molecule has 1 N–H and O–H groups in total. The highest BCUT2D eigenvalue weighted by Crippen LogP contribution is 2.16. The van der Waals surface area contributed by atoms with Crippen molar-refractivity contribution in [2.24, 2.45) is 0 Å². The molecule has 7 nitrogen and oxygen atoms in total. The molecule has 30 heavy (non-hydrogen) atoms. The molecule has 0 radical (unpaired) electrons. The molecule has 0 atom stereocenters. The number of hydrogen-bond donors (Lipinski definition) is 1. The van der Waals surface area contributed by atoms with Crippen molar-refractivity contribution in [3.63, 3.8) is 0 Å². The van der Waals surface area contributed by atoms with Gasteiger partial charge in [0, 0.05) is 5.56 Å². The number of benzene rings is 2. The third-order valence-electron chi connectivity index (χ3n) is 4.53. The molecule has 1 amide bonds. The van der Waals surface area contributed by atoms with Gasteiger partial charge in [-0.3, -0.25) is 4.79 Å². The van der Waals surface area contributed by atoms with Crippen LogP contribution in [0.2, 0.25) is 0 Å². The number of amides is 1. The minimum atomic E-state index is -0.398. The van der Waals surface area contributed by atoms with Crippen molar-refractivity contribution >= 4 is 11.9 Å². The Morgan fingerprint density at radius 1 is 1.10 bits per heavy atom. The first kappa shape index (κ1) is 21.1. The number of ether oxygens (including phenoxy) is 2. The summed E-state index contributed by atoms with van der Waals surface area (Å²) in [5.41, 5.74) is 3.51. The number of carbonyl (C=O) groups excluding carboxylic acids is 2. The van der Waals surface area contributed by atoms with Crippen LogP contribution in [0, 0.1) is 13.8 Å². The summed E-state index contributed by atoms with van der Waals surface area (Å²) in [4.78, 5) is 24.3. The van der Waals surface area contributed by atoms with E-state index >= 15 is 0 Å². The zero-order valence-corrected chi connectivity index (χ0v) is 17.3. The zero-order chi connectivity index (χ0) is 21.5. The highest BCUT2D eigenvalue weighted by molar-refractivity contribution is 5.94. The van der Waals surface area contributed by atoms with Crippen molar-refractivity contribution in [1.82, 2.24) is 15.1 Å². The molecule has 0 bridgehead atoms. The molecular weight excluding hydrogens is 382 g/mol. The third-order valence-corrected chi connectivity index (χ3v) is 4.53. The summed E-state index contributed by atoms with van der Waals surface area (Å²) in [7, 11) is 0. The molecule has 2 aromatic carbocycles. The monoisotopic (exact) mass is 407 g/mol. The molecular formula is C23H25N3O4. The molecule has 156 valence electrons. The molecule has 7 heteroatoms. The van der Waals surface area contributed by atoms with E-state index in [2.05, 4.69) is 10.4 Å². The average molecular weight is 407 g/mol. The van der Waals surface area contributed by atoms with Crippen molar-refractivity contribution in [2.75, 3.05) is 19.8 Å². The van der Waals surface area contributed by atoms with E-state index in [0.29, 0.717) is 36.6 Å². The minimum Gasteiger partial charge on any atom is -0.492 e. The summed E-state index contributed by atoms with van der Waals surface area (Å²) in [6.45, 7) is 6.65. The van der Waals surface area contributed by atoms with Crippen LogP contribution >= 0.6 is 0 Å². The Bertz CT molecular complexity index is 1030. The van der Waals surface area contributed by atoms with E-state index in [1.165, 1.54) is 6.20 Å². The minimum absolute atomic E-state index is 0.182. The summed E-state index contributed by atoms with van der Waals surface area (Å²) in [6, 6.07) is 14.8. The van der Waals surface area contributed by atoms with Gasteiger partial charge in [0.2, 0.25) is 0 Å². The van der Waals surface area contributed by atoms with Crippen LogP contribution in [0.15, 0.2) is 54.7 Å². The first-order valence-corrected chi connectivity index (χ1v) is 9.79.